The number of nitrogens with zero attached hydrogens (tertiary/aromatic N) is 4. The fraction of sp³-hybridized carbons (Fsp3) is 0.200. The van der Waals surface area contributed by atoms with Gasteiger partial charge in [-0.25, -0.2) is 4.98 Å². The fourth-order valence-corrected chi connectivity index (χ4v) is 3.40. The average Bonchev–Trinajstić information content (AvgIpc) is 2.77. The molecule has 2 aromatic heterocycles. The second kappa shape index (κ2) is 5.78. The molecule has 1 aliphatic rings. The molecule has 6 nitrogen and oxygen atoms in total. The van der Waals surface area contributed by atoms with E-state index in [0.717, 1.165) is 0 Å². The summed E-state index contributed by atoms with van der Waals surface area (Å²) >= 11 is 6.31. The number of fused-ring (bicyclic) bond motifs is 1. The Kier molecular flexibility index (Phi) is 3.95. The Balaban J connectivity index is 2.26. The average molecular weight is 346 g/mol. The zero-order valence-electron chi connectivity index (χ0n) is 12.8. The highest BCUT2D eigenvalue weighted by atomic mass is 32.2. The number of amides is 1. The van der Waals surface area contributed by atoms with Crippen molar-refractivity contribution in [3.63, 3.8) is 0 Å². The molecule has 2 aromatic rings. The summed E-state index contributed by atoms with van der Waals surface area (Å²) in [5.41, 5.74) is 0.703. The van der Waals surface area contributed by atoms with Crippen LogP contribution < -0.4 is 10.5 Å². The number of rotatable bonds is 2. The number of thiocarbonyl (C=S) groups is 1. The maximum atomic E-state index is 12.8. The van der Waals surface area contributed by atoms with E-state index in [1.54, 1.807) is 36.4 Å². The van der Waals surface area contributed by atoms with Gasteiger partial charge in [-0.3, -0.25) is 18.9 Å². The van der Waals surface area contributed by atoms with Crippen LogP contribution in [0.2, 0.25) is 0 Å². The summed E-state index contributed by atoms with van der Waals surface area (Å²) in [6.45, 7) is 0. The molecule has 0 aromatic carbocycles. The van der Waals surface area contributed by atoms with Crippen molar-refractivity contribution in [2.24, 2.45) is 0 Å². The van der Waals surface area contributed by atoms with Crippen molar-refractivity contribution < 1.29 is 4.79 Å². The summed E-state index contributed by atoms with van der Waals surface area (Å²) in [6.07, 6.45) is 3.24. The lowest BCUT2D eigenvalue weighted by Gasteiger charge is -2.15. The number of anilines is 1. The molecule has 23 heavy (non-hydrogen) atoms. The lowest BCUT2D eigenvalue weighted by Crippen LogP contribution is -2.24. The molecular formula is C15H14N4O2S2. The maximum absolute atomic E-state index is 12.8. The van der Waals surface area contributed by atoms with Gasteiger partial charge in [0.1, 0.15) is 15.8 Å². The highest BCUT2D eigenvalue weighted by Gasteiger charge is 2.29. The Morgan fingerprint density at radius 1 is 1.30 bits per heavy atom. The van der Waals surface area contributed by atoms with Gasteiger partial charge in [-0.05, 0) is 18.2 Å². The van der Waals surface area contributed by atoms with Crippen LogP contribution in [0.5, 0.6) is 0 Å². The summed E-state index contributed by atoms with van der Waals surface area (Å²) in [5, 5.41) is 0. The molecule has 8 heteroatoms. The van der Waals surface area contributed by atoms with Crippen LogP contribution >= 0.6 is 24.0 Å². The number of carbonyl (C=O) groups excluding carboxylic acids is 1. The van der Waals surface area contributed by atoms with Gasteiger partial charge in [-0.15, -0.1) is 0 Å². The second-order valence-electron chi connectivity index (χ2n) is 5.22. The molecular weight excluding hydrogens is 332 g/mol. The minimum Gasteiger partial charge on any atom is -0.362 e. The third kappa shape index (κ3) is 2.64. The van der Waals surface area contributed by atoms with Gasteiger partial charge in [0.05, 0.1) is 10.5 Å². The van der Waals surface area contributed by atoms with Crippen LogP contribution in [0.25, 0.3) is 11.7 Å². The van der Waals surface area contributed by atoms with Gasteiger partial charge in [-0.2, -0.15) is 0 Å². The highest BCUT2D eigenvalue weighted by Crippen LogP contribution is 2.32. The molecule has 3 heterocycles. The molecule has 1 saturated heterocycles. The first-order valence-corrected chi connectivity index (χ1v) is 8.03. The lowest BCUT2D eigenvalue weighted by molar-refractivity contribution is -0.121. The van der Waals surface area contributed by atoms with E-state index in [-0.39, 0.29) is 11.5 Å². The third-order valence-electron chi connectivity index (χ3n) is 3.43. The van der Waals surface area contributed by atoms with E-state index < -0.39 is 0 Å². The third-order valence-corrected chi connectivity index (χ3v) is 4.92. The molecule has 1 fully saturated rings. The number of likely N-dealkylation sites (N-methyl/N-ethyl adjacent to an activating group) is 1. The molecule has 0 bridgehead atoms. The molecule has 0 spiro atoms. The van der Waals surface area contributed by atoms with E-state index in [9.17, 15) is 9.59 Å². The number of hydrogen-bond donors (Lipinski definition) is 0. The van der Waals surface area contributed by atoms with Crippen LogP contribution in [0.1, 0.15) is 5.56 Å². The molecule has 0 saturated carbocycles. The van der Waals surface area contributed by atoms with Gasteiger partial charge in [0.15, 0.2) is 0 Å². The molecule has 0 atom stereocenters. The summed E-state index contributed by atoms with van der Waals surface area (Å²) in [5.74, 6) is 0.310. The Bertz CT molecular complexity index is 917. The van der Waals surface area contributed by atoms with Gasteiger partial charge in [0.2, 0.25) is 0 Å². The largest absolute Gasteiger partial charge is 0.362 e. The topological polar surface area (TPSA) is 57.9 Å². The van der Waals surface area contributed by atoms with Crippen molar-refractivity contribution in [3.05, 3.63) is 45.2 Å². The van der Waals surface area contributed by atoms with E-state index in [0.29, 0.717) is 26.3 Å². The summed E-state index contributed by atoms with van der Waals surface area (Å²) in [4.78, 5) is 33.1. The minimum atomic E-state index is -0.222. The standard InChI is InChI=1S/C15H14N4O2S2/c1-17(2)12-9(8-10-14(21)18(3)15(22)23-10)13(20)19-7-5-4-6-11(19)16-12/h4-8H,1-3H3/b10-8-. The Morgan fingerprint density at radius 2 is 2.04 bits per heavy atom. The Labute approximate surface area is 142 Å². The first kappa shape index (κ1) is 15.7. The Morgan fingerprint density at radius 3 is 2.65 bits per heavy atom. The molecule has 1 amide bonds. The summed E-state index contributed by atoms with van der Waals surface area (Å²) < 4.78 is 1.94. The first-order chi connectivity index (χ1) is 10.9. The van der Waals surface area contributed by atoms with Crippen LogP contribution in [0.4, 0.5) is 5.82 Å². The molecule has 0 unspecified atom stereocenters. The zero-order valence-corrected chi connectivity index (χ0v) is 14.4. The first-order valence-electron chi connectivity index (χ1n) is 6.80. The predicted octanol–water partition coefficient (Wildman–Crippen LogP) is 1.59. The predicted molar refractivity (Wildman–Crippen MR) is 96.7 cm³/mol. The highest BCUT2D eigenvalue weighted by molar-refractivity contribution is 8.26. The SMILES string of the molecule is CN1C(=O)/C(=C/c2c(N(C)C)nc3ccccn3c2=O)SC1=S. The van der Waals surface area contributed by atoms with E-state index in [2.05, 4.69) is 4.98 Å². The number of thioether (sulfide) groups is 1. The molecule has 0 aliphatic carbocycles. The number of pyridine rings is 1. The maximum Gasteiger partial charge on any atom is 0.267 e. The zero-order chi connectivity index (χ0) is 16.7. The van der Waals surface area contributed by atoms with Crippen LogP contribution in [-0.4, -0.2) is 45.7 Å². The van der Waals surface area contributed by atoms with Crippen molar-refractivity contribution in [1.82, 2.24) is 14.3 Å². The van der Waals surface area contributed by atoms with Gasteiger partial charge in [-0.1, -0.05) is 30.0 Å². The summed E-state index contributed by atoms with van der Waals surface area (Å²) in [7, 11) is 5.24. The van der Waals surface area contributed by atoms with E-state index >= 15 is 0 Å². The normalized spacial score (nSPS) is 16.7. The van der Waals surface area contributed by atoms with Crippen molar-refractivity contribution >= 4 is 51.7 Å². The van der Waals surface area contributed by atoms with Gasteiger partial charge < -0.3 is 4.90 Å². The second-order valence-corrected chi connectivity index (χ2v) is 6.89. The Hall–Kier alpha value is -2.19. The smallest absolute Gasteiger partial charge is 0.267 e. The van der Waals surface area contributed by atoms with Crippen molar-refractivity contribution in [1.29, 1.82) is 0 Å². The van der Waals surface area contributed by atoms with E-state index in [1.165, 1.54) is 21.1 Å². The molecule has 118 valence electrons. The van der Waals surface area contributed by atoms with Crippen molar-refractivity contribution in [3.8, 4) is 0 Å². The van der Waals surface area contributed by atoms with Gasteiger partial charge in [0.25, 0.3) is 11.5 Å². The quantitative estimate of drug-likeness (QED) is 0.608. The van der Waals surface area contributed by atoms with Crippen LogP contribution in [0.3, 0.4) is 0 Å². The van der Waals surface area contributed by atoms with Crippen molar-refractivity contribution in [2.45, 2.75) is 0 Å². The molecule has 1 aliphatic heterocycles. The van der Waals surface area contributed by atoms with Gasteiger partial charge in [0, 0.05) is 27.3 Å². The molecule has 0 radical (unpaired) electrons. The van der Waals surface area contributed by atoms with Crippen LogP contribution in [0, 0.1) is 0 Å². The fourth-order valence-electron chi connectivity index (χ4n) is 2.23. The van der Waals surface area contributed by atoms with E-state index in [1.807, 2.05) is 20.2 Å². The van der Waals surface area contributed by atoms with Gasteiger partial charge >= 0.3 is 0 Å². The monoisotopic (exact) mass is 346 g/mol. The molecule has 3 rings (SSSR count). The van der Waals surface area contributed by atoms with Crippen LogP contribution in [0.15, 0.2) is 34.1 Å². The number of aromatic nitrogens is 2. The lowest BCUT2D eigenvalue weighted by atomic mass is 10.2. The number of carbonyl (C=O) groups is 1. The van der Waals surface area contributed by atoms with Crippen molar-refractivity contribution in [2.75, 3.05) is 26.0 Å². The molecule has 0 N–H and O–H groups in total. The number of hydrogen-bond acceptors (Lipinski definition) is 6. The summed E-state index contributed by atoms with van der Waals surface area (Å²) in [6, 6.07) is 5.35. The van der Waals surface area contributed by atoms with Crippen LogP contribution in [-0.2, 0) is 4.79 Å². The minimum absolute atomic E-state index is 0.206. The van der Waals surface area contributed by atoms with E-state index in [4.69, 9.17) is 12.2 Å².